The minimum atomic E-state index is 0.874. The third-order valence-corrected chi connectivity index (χ3v) is 5.21. The molecule has 2 heterocycles. The van der Waals surface area contributed by atoms with E-state index in [4.69, 9.17) is 4.74 Å². The molecule has 3 aromatic rings. The number of benzene rings is 2. The number of morpholine rings is 1. The first-order chi connectivity index (χ1) is 13.3. The summed E-state index contributed by atoms with van der Waals surface area (Å²) in [5.41, 5.74) is 3.29. The van der Waals surface area contributed by atoms with Crippen LogP contribution in [0.4, 0.5) is 5.82 Å². The van der Waals surface area contributed by atoms with Crippen molar-refractivity contribution < 1.29 is 9.64 Å². The van der Waals surface area contributed by atoms with E-state index >= 15 is 0 Å². The summed E-state index contributed by atoms with van der Waals surface area (Å²) in [5, 5.41) is 14.8. The number of hydrogen-bond donors (Lipinski definition) is 2. The molecular weight excluding hydrogens is 336 g/mol. The number of hydrogen-bond acceptors (Lipinski definition) is 4. The first-order valence-corrected chi connectivity index (χ1v) is 9.79. The van der Waals surface area contributed by atoms with Crippen LogP contribution in [0, 0.1) is 6.92 Å². The molecule has 5 heteroatoms. The van der Waals surface area contributed by atoms with E-state index in [1.807, 2.05) is 0 Å². The van der Waals surface area contributed by atoms with Gasteiger partial charge in [0.05, 0.1) is 19.8 Å². The fraction of sp³-hybridized carbons (Fsp3) is 0.364. The van der Waals surface area contributed by atoms with E-state index in [-0.39, 0.29) is 0 Å². The molecule has 0 atom stereocenters. The summed E-state index contributed by atoms with van der Waals surface area (Å²) in [6.07, 6.45) is 1.12. The summed E-state index contributed by atoms with van der Waals surface area (Å²) < 4.78 is 5.42. The molecule has 5 nitrogen and oxygen atoms in total. The summed E-state index contributed by atoms with van der Waals surface area (Å²) >= 11 is 0. The Morgan fingerprint density at radius 3 is 2.48 bits per heavy atom. The van der Waals surface area contributed by atoms with Crippen LogP contribution in [0.1, 0.15) is 12.0 Å². The maximum atomic E-state index is 5.42. The van der Waals surface area contributed by atoms with E-state index in [0.29, 0.717) is 0 Å². The highest BCUT2D eigenvalue weighted by Gasteiger charge is 2.14. The Hall–Kier alpha value is -2.50. The number of fused-ring (bicyclic) bond motifs is 1. The molecule has 0 amide bonds. The van der Waals surface area contributed by atoms with Gasteiger partial charge in [0.15, 0.2) is 5.82 Å². The molecule has 1 fully saturated rings. The fourth-order valence-electron chi connectivity index (χ4n) is 3.61. The fourth-order valence-corrected chi connectivity index (χ4v) is 3.61. The van der Waals surface area contributed by atoms with Gasteiger partial charge in [0, 0.05) is 29.3 Å². The molecule has 1 aromatic heterocycles. The van der Waals surface area contributed by atoms with Crippen LogP contribution in [0.2, 0.25) is 0 Å². The molecule has 2 N–H and O–H groups in total. The summed E-state index contributed by atoms with van der Waals surface area (Å²) in [6, 6.07) is 16.8. The van der Waals surface area contributed by atoms with Gasteiger partial charge in [-0.25, -0.2) is 0 Å². The molecule has 1 saturated heterocycles. The summed E-state index contributed by atoms with van der Waals surface area (Å²) in [7, 11) is 0. The van der Waals surface area contributed by atoms with Crippen LogP contribution in [0.3, 0.4) is 0 Å². The number of ether oxygens (including phenoxy) is 1. The van der Waals surface area contributed by atoms with Crippen molar-refractivity contribution in [3.63, 3.8) is 0 Å². The molecule has 2 aromatic carbocycles. The smallest absolute Gasteiger partial charge is 0.156 e. The average molecular weight is 363 g/mol. The van der Waals surface area contributed by atoms with E-state index in [2.05, 4.69) is 71.0 Å². The molecule has 4 rings (SSSR count). The minimum Gasteiger partial charge on any atom is -0.370 e. The summed E-state index contributed by atoms with van der Waals surface area (Å²) in [5.74, 6) is 0.874. The van der Waals surface area contributed by atoms with Gasteiger partial charge in [-0.3, -0.25) is 0 Å². The van der Waals surface area contributed by atoms with Crippen molar-refractivity contribution in [2.24, 2.45) is 0 Å². The van der Waals surface area contributed by atoms with E-state index in [0.717, 1.165) is 67.1 Å². The Morgan fingerprint density at radius 1 is 0.963 bits per heavy atom. The zero-order chi connectivity index (χ0) is 18.5. The zero-order valence-corrected chi connectivity index (χ0v) is 15.9. The van der Waals surface area contributed by atoms with Gasteiger partial charge in [0.1, 0.15) is 18.8 Å². The lowest BCUT2D eigenvalue weighted by Gasteiger charge is -2.23. The van der Waals surface area contributed by atoms with Crippen LogP contribution in [0.15, 0.2) is 48.5 Å². The van der Waals surface area contributed by atoms with E-state index in [1.165, 1.54) is 12.1 Å². The molecule has 0 saturated carbocycles. The highest BCUT2D eigenvalue weighted by atomic mass is 16.5. The maximum absolute atomic E-state index is 5.42. The lowest BCUT2D eigenvalue weighted by molar-refractivity contribution is -0.908. The van der Waals surface area contributed by atoms with Gasteiger partial charge in [-0.1, -0.05) is 54.1 Å². The second-order valence-electron chi connectivity index (χ2n) is 7.20. The standard InChI is InChI=1S/C22H26N4O/c1-17-7-9-18(10-8-17)21-19-5-2-3-6-20(19)22(25-24-21)23-11-4-12-26-13-15-27-16-14-26/h2-3,5-10H,4,11-16H2,1H3,(H,23,25)/p+1. The molecule has 1 aliphatic heterocycles. The lowest BCUT2D eigenvalue weighted by atomic mass is 10.0. The second-order valence-corrected chi connectivity index (χ2v) is 7.20. The Bertz CT molecular complexity index is 888. The summed E-state index contributed by atoms with van der Waals surface area (Å²) in [6.45, 7) is 8.19. The van der Waals surface area contributed by atoms with Gasteiger partial charge < -0.3 is 15.0 Å². The predicted molar refractivity (Wildman–Crippen MR) is 109 cm³/mol. The Morgan fingerprint density at radius 2 is 1.70 bits per heavy atom. The van der Waals surface area contributed by atoms with Crippen LogP contribution in [0.5, 0.6) is 0 Å². The third-order valence-electron chi connectivity index (χ3n) is 5.21. The van der Waals surface area contributed by atoms with E-state index in [9.17, 15) is 0 Å². The molecular formula is C22H27N4O+. The Kier molecular flexibility index (Phi) is 5.61. The molecule has 0 spiro atoms. The predicted octanol–water partition coefficient (Wildman–Crippen LogP) is 2.32. The first-order valence-electron chi connectivity index (χ1n) is 9.79. The van der Waals surface area contributed by atoms with Gasteiger partial charge in [-0.2, -0.15) is 0 Å². The van der Waals surface area contributed by atoms with Gasteiger partial charge in [0.25, 0.3) is 0 Å². The first kappa shape index (κ1) is 17.9. The van der Waals surface area contributed by atoms with Crippen LogP contribution >= 0.6 is 0 Å². The molecule has 0 radical (unpaired) electrons. The topological polar surface area (TPSA) is 51.5 Å². The normalized spacial score (nSPS) is 15.1. The number of nitrogens with one attached hydrogen (secondary N) is 2. The number of rotatable bonds is 6. The Labute approximate surface area is 160 Å². The third kappa shape index (κ3) is 4.26. The molecule has 0 bridgehead atoms. The van der Waals surface area contributed by atoms with Crippen LogP contribution in [0.25, 0.3) is 22.0 Å². The lowest BCUT2D eigenvalue weighted by Crippen LogP contribution is -3.14. The summed E-state index contributed by atoms with van der Waals surface area (Å²) in [4.78, 5) is 1.63. The highest BCUT2D eigenvalue weighted by Crippen LogP contribution is 2.29. The van der Waals surface area contributed by atoms with Crippen molar-refractivity contribution in [2.45, 2.75) is 13.3 Å². The van der Waals surface area contributed by atoms with E-state index < -0.39 is 0 Å². The van der Waals surface area contributed by atoms with Gasteiger partial charge in [0.2, 0.25) is 0 Å². The quantitative estimate of drug-likeness (QED) is 0.660. The van der Waals surface area contributed by atoms with Crippen molar-refractivity contribution in [3.8, 4) is 11.3 Å². The SMILES string of the molecule is Cc1ccc(-c2nnc(NCCC[NH+]3CCOCC3)c3ccccc23)cc1. The average Bonchev–Trinajstić information content (AvgIpc) is 2.73. The number of nitrogens with zero attached hydrogens (tertiary/aromatic N) is 2. The molecule has 1 aliphatic rings. The number of aryl methyl sites for hydroxylation is 1. The van der Waals surface area contributed by atoms with Crippen molar-refractivity contribution >= 4 is 16.6 Å². The van der Waals surface area contributed by atoms with Crippen molar-refractivity contribution in [3.05, 3.63) is 54.1 Å². The highest BCUT2D eigenvalue weighted by molar-refractivity contribution is 5.99. The van der Waals surface area contributed by atoms with Crippen molar-refractivity contribution in [2.75, 3.05) is 44.7 Å². The number of anilines is 1. The van der Waals surface area contributed by atoms with Crippen LogP contribution in [-0.2, 0) is 4.74 Å². The van der Waals surface area contributed by atoms with Crippen molar-refractivity contribution in [1.29, 1.82) is 0 Å². The monoisotopic (exact) mass is 363 g/mol. The van der Waals surface area contributed by atoms with Gasteiger partial charge >= 0.3 is 0 Å². The maximum Gasteiger partial charge on any atom is 0.156 e. The molecule has 140 valence electrons. The molecule has 27 heavy (non-hydrogen) atoms. The minimum absolute atomic E-state index is 0.874. The van der Waals surface area contributed by atoms with Crippen LogP contribution < -0.4 is 10.2 Å². The van der Waals surface area contributed by atoms with Gasteiger partial charge in [-0.05, 0) is 6.92 Å². The van der Waals surface area contributed by atoms with E-state index in [1.54, 1.807) is 4.90 Å². The molecule has 0 aliphatic carbocycles. The van der Waals surface area contributed by atoms with Gasteiger partial charge in [-0.15, -0.1) is 10.2 Å². The zero-order valence-electron chi connectivity index (χ0n) is 15.9. The molecule has 0 unspecified atom stereocenters. The Balaban J connectivity index is 1.49. The van der Waals surface area contributed by atoms with Crippen LogP contribution in [-0.4, -0.2) is 49.6 Å². The second kappa shape index (κ2) is 8.46. The number of quaternary nitrogens is 1. The largest absolute Gasteiger partial charge is 0.370 e. The number of aromatic nitrogens is 2. The van der Waals surface area contributed by atoms with Crippen molar-refractivity contribution in [1.82, 2.24) is 10.2 Å².